The molecule has 23 heavy (non-hydrogen) atoms. The Morgan fingerprint density at radius 3 is 2.57 bits per heavy atom. The van der Waals surface area contributed by atoms with Gasteiger partial charge in [0.15, 0.2) is 0 Å². The molecule has 2 heterocycles. The summed E-state index contributed by atoms with van der Waals surface area (Å²) in [5.74, 6) is -0.332. The van der Waals surface area contributed by atoms with Gasteiger partial charge in [0.05, 0.1) is 18.1 Å². The Morgan fingerprint density at radius 1 is 1.22 bits per heavy atom. The molecule has 1 saturated carbocycles. The highest BCUT2D eigenvalue weighted by molar-refractivity contribution is 5.89. The molecule has 2 saturated heterocycles. The summed E-state index contributed by atoms with van der Waals surface area (Å²) in [6.45, 7) is 1.72. The van der Waals surface area contributed by atoms with Crippen molar-refractivity contribution < 1.29 is 19.1 Å². The van der Waals surface area contributed by atoms with Gasteiger partial charge in [0.25, 0.3) is 0 Å². The number of nitrogens with zero attached hydrogens (tertiary/aromatic N) is 2. The molecule has 3 aliphatic rings. The van der Waals surface area contributed by atoms with E-state index in [1.165, 1.54) is 12.8 Å². The molecule has 1 atom stereocenters. The molecule has 3 fully saturated rings. The Labute approximate surface area is 136 Å². The highest BCUT2D eigenvalue weighted by atomic mass is 16.5. The zero-order valence-corrected chi connectivity index (χ0v) is 13.6. The standard InChI is InChI=1S/C16H25N3O4/c1-17-16(22)11-6-14(20)19(7-11)12-8-18(9-12)15(21)10-23-13-4-2-3-5-13/h11-13H,2-10H2,1H3,(H,17,22). The number of nitrogens with one attached hydrogen (secondary N) is 1. The van der Waals surface area contributed by atoms with Gasteiger partial charge in [0.2, 0.25) is 17.7 Å². The average Bonchev–Trinajstić information content (AvgIpc) is 3.13. The summed E-state index contributed by atoms with van der Waals surface area (Å²) in [7, 11) is 1.59. The first-order valence-electron chi connectivity index (χ1n) is 8.49. The van der Waals surface area contributed by atoms with Crippen molar-refractivity contribution in [2.24, 2.45) is 5.92 Å². The SMILES string of the molecule is CNC(=O)C1CC(=O)N(C2CN(C(=O)COC3CCCC3)C2)C1. The smallest absolute Gasteiger partial charge is 0.248 e. The van der Waals surface area contributed by atoms with Crippen molar-refractivity contribution >= 4 is 17.7 Å². The first-order valence-corrected chi connectivity index (χ1v) is 8.49. The zero-order valence-electron chi connectivity index (χ0n) is 13.6. The Morgan fingerprint density at radius 2 is 1.91 bits per heavy atom. The van der Waals surface area contributed by atoms with Crippen LogP contribution in [0.15, 0.2) is 0 Å². The van der Waals surface area contributed by atoms with Crippen LogP contribution in [-0.4, -0.2) is 73.0 Å². The number of carbonyl (C=O) groups excluding carboxylic acids is 3. The fourth-order valence-corrected chi connectivity index (χ4v) is 3.66. The summed E-state index contributed by atoms with van der Waals surface area (Å²) >= 11 is 0. The molecule has 0 spiro atoms. The maximum absolute atomic E-state index is 12.1. The van der Waals surface area contributed by atoms with Gasteiger partial charge >= 0.3 is 0 Å². The Balaban J connectivity index is 1.41. The van der Waals surface area contributed by atoms with Crippen LogP contribution in [-0.2, 0) is 19.1 Å². The monoisotopic (exact) mass is 323 g/mol. The van der Waals surface area contributed by atoms with E-state index in [1.54, 1.807) is 16.8 Å². The molecule has 0 aromatic carbocycles. The van der Waals surface area contributed by atoms with Gasteiger partial charge in [0, 0.05) is 33.1 Å². The highest BCUT2D eigenvalue weighted by Crippen LogP contribution is 2.25. The lowest BCUT2D eigenvalue weighted by Gasteiger charge is -2.44. The molecule has 1 N–H and O–H groups in total. The molecule has 0 aromatic rings. The predicted molar refractivity (Wildman–Crippen MR) is 82.5 cm³/mol. The van der Waals surface area contributed by atoms with Crippen molar-refractivity contribution in [3.8, 4) is 0 Å². The Kier molecular flexibility index (Phi) is 4.84. The van der Waals surface area contributed by atoms with Crippen LogP contribution >= 0.6 is 0 Å². The molecule has 0 bridgehead atoms. The van der Waals surface area contributed by atoms with Crippen LogP contribution in [0.25, 0.3) is 0 Å². The van der Waals surface area contributed by atoms with Crippen molar-refractivity contribution in [3.63, 3.8) is 0 Å². The first-order chi connectivity index (χ1) is 11.1. The molecule has 2 aliphatic heterocycles. The fraction of sp³-hybridized carbons (Fsp3) is 0.812. The number of hydrogen-bond acceptors (Lipinski definition) is 4. The van der Waals surface area contributed by atoms with E-state index in [1.807, 2.05) is 0 Å². The van der Waals surface area contributed by atoms with Gasteiger partial charge in [-0.05, 0) is 12.8 Å². The molecule has 1 aliphatic carbocycles. The summed E-state index contributed by atoms with van der Waals surface area (Å²) < 4.78 is 5.64. The van der Waals surface area contributed by atoms with Crippen LogP contribution < -0.4 is 5.32 Å². The van der Waals surface area contributed by atoms with E-state index in [4.69, 9.17) is 4.74 Å². The lowest BCUT2D eigenvalue weighted by molar-refractivity contribution is -0.149. The number of amides is 3. The van der Waals surface area contributed by atoms with Crippen LogP contribution in [0.2, 0.25) is 0 Å². The van der Waals surface area contributed by atoms with Crippen LogP contribution in [0.3, 0.4) is 0 Å². The van der Waals surface area contributed by atoms with Crippen molar-refractivity contribution in [3.05, 3.63) is 0 Å². The number of rotatable bonds is 5. The van der Waals surface area contributed by atoms with Gasteiger partial charge in [-0.1, -0.05) is 12.8 Å². The third kappa shape index (κ3) is 3.49. The Bertz CT molecular complexity index is 484. The maximum Gasteiger partial charge on any atom is 0.248 e. The molecular weight excluding hydrogens is 298 g/mol. The normalized spacial score (nSPS) is 25.8. The molecule has 7 nitrogen and oxygen atoms in total. The maximum atomic E-state index is 12.1. The Hall–Kier alpha value is -1.63. The van der Waals surface area contributed by atoms with Gasteiger partial charge in [-0.2, -0.15) is 0 Å². The number of likely N-dealkylation sites (tertiary alicyclic amines) is 2. The second kappa shape index (κ2) is 6.86. The molecule has 7 heteroatoms. The lowest BCUT2D eigenvalue weighted by atomic mass is 10.1. The third-order valence-corrected chi connectivity index (χ3v) is 5.18. The minimum atomic E-state index is -0.261. The fourth-order valence-electron chi connectivity index (χ4n) is 3.66. The minimum Gasteiger partial charge on any atom is -0.368 e. The molecule has 1 unspecified atom stereocenters. The number of hydrogen-bond donors (Lipinski definition) is 1. The topological polar surface area (TPSA) is 79.0 Å². The van der Waals surface area contributed by atoms with E-state index >= 15 is 0 Å². The summed E-state index contributed by atoms with van der Waals surface area (Å²) in [5.41, 5.74) is 0. The molecule has 0 radical (unpaired) electrons. The van der Waals surface area contributed by atoms with Crippen molar-refractivity contribution in [1.29, 1.82) is 0 Å². The molecular formula is C16H25N3O4. The summed E-state index contributed by atoms with van der Waals surface area (Å²) in [6.07, 6.45) is 5.00. The summed E-state index contributed by atoms with van der Waals surface area (Å²) in [5, 5.41) is 2.59. The highest BCUT2D eigenvalue weighted by Gasteiger charge is 2.43. The van der Waals surface area contributed by atoms with Crippen LogP contribution in [0.4, 0.5) is 0 Å². The number of ether oxygens (including phenoxy) is 1. The van der Waals surface area contributed by atoms with E-state index in [9.17, 15) is 14.4 Å². The van der Waals surface area contributed by atoms with Gasteiger partial charge in [0.1, 0.15) is 6.61 Å². The van der Waals surface area contributed by atoms with E-state index in [0.717, 1.165) is 12.8 Å². The third-order valence-electron chi connectivity index (χ3n) is 5.18. The van der Waals surface area contributed by atoms with Crippen LogP contribution in [0.1, 0.15) is 32.1 Å². The van der Waals surface area contributed by atoms with Gasteiger partial charge in [-0.25, -0.2) is 0 Å². The van der Waals surface area contributed by atoms with Gasteiger partial charge in [-0.15, -0.1) is 0 Å². The zero-order chi connectivity index (χ0) is 16.4. The summed E-state index contributed by atoms with van der Waals surface area (Å²) in [4.78, 5) is 39.2. The summed E-state index contributed by atoms with van der Waals surface area (Å²) in [6, 6.07) is 0.0487. The van der Waals surface area contributed by atoms with E-state index in [2.05, 4.69) is 5.32 Å². The molecule has 0 aromatic heterocycles. The van der Waals surface area contributed by atoms with Gasteiger partial charge in [-0.3, -0.25) is 14.4 Å². The van der Waals surface area contributed by atoms with Crippen molar-refractivity contribution in [2.45, 2.75) is 44.2 Å². The molecule has 3 rings (SSSR count). The van der Waals surface area contributed by atoms with Crippen LogP contribution in [0.5, 0.6) is 0 Å². The largest absolute Gasteiger partial charge is 0.368 e. The molecule has 128 valence electrons. The van der Waals surface area contributed by atoms with Crippen LogP contribution in [0, 0.1) is 5.92 Å². The van der Waals surface area contributed by atoms with E-state index in [-0.39, 0.29) is 48.8 Å². The lowest BCUT2D eigenvalue weighted by Crippen LogP contribution is -2.62. The quantitative estimate of drug-likeness (QED) is 0.757. The molecule has 3 amide bonds. The second-order valence-corrected chi connectivity index (χ2v) is 6.73. The average molecular weight is 323 g/mol. The first kappa shape index (κ1) is 16.2. The van der Waals surface area contributed by atoms with Crippen molar-refractivity contribution in [1.82, 2.24) is 15.1 Å². The number of carbonyl (C=O) groups is 3. The minimum absolute atomic E-state index is 0.00245. The van der Waals surface area contributed by atoms with Gasteiger partial charge < -0.3 is 19.9 Å². The van der Waals surface area contributed by atoms with Crippen molar-refractivity contribution in [2.75, 3.05) is 33.3 Å². The predicted octanol–water partition coefficient (Wildman–Crippen LogP) is -0.249. The van der Waals surface area contributed by atoms with E-state index in [0.29, 0.717) is 19.6 Å². The van der Waals surface area contributed by atoms with E-state index < -0.39 is 0 Å². The second-order valence-electron chi connectivity index (χ2n) is 6.73.